The van der Waals surface area contributed by atoms with Crippen LogP contribution in [0.3, 0.4) is 0 Å². The maximum Gasteiger partial charge on any atom is 0.224 e. The van der Waals surface area contributed by atoms with E-state index in [0.717, 1.165) is 16.9 Å². The Bertz CT molecular complexity index is 846. The Hall–Kier alpha value is -3.22. The van der Waals surface area contributed by atoms with Gasteiger partial charge in [-0.1, -0.05) is 12.1 Å². The minimum Gasteiger partial charge on any atom is -0.494 e. The lowest BCUT2D eigenvalue weighted by molar-refractivity contribution is -0.121. The monoisotopic (exact) mass is 351 g/mol. The van der Waals surface area contributed by atoms with Crippen LogP contribution in [0.15, 0.2) is 48.8 Å². The summed E-state index contributed by atoms with van der Waals surface area (Å²) in [5, 5.41) is 9.99. The first-order valence-electron chi connectivity index (χ1n) is 8.49. The van der Waals surface area contributed by atoms with Crippen molar-refractivity contribution in [2.75, 3.05) is 6.61 Å². The molecule has 2 N–H and O–H groups in total. The van der Waals surface area contributed by atoms with Crippen LogP contribution in [-0.2, 0) is 11.2 Å². The molecule has 1 atom stereocenters. The first kappa shape index (κ1) is 17.6. The number of nitrogens with one attached hydrogen (secondary N) is 2. The van der Waals surface area contributed by atoms with Gasteiger partial charge in [0.2, 0.25) is 5.91 Å². The number of rotatable bonds is 7. The summed E-state index contributed by atoms with van der Waals surface area (Å²) in [6, 6.07) is 11.0. The summed E-state index contributed by atoms with van der Waals surface area (Å²) in [5.41, 5.74) is 1.75. The molecule has 1 aromatic carbocycles. The zero-order chi connectivity index (χ0) is 18.4. The highest BCUT2D eigenvalue weighted by Gasteiger charge is 2.15. The summed E-state index contributed by atoms with van der Waals surface area (Å²) < 4.78 is 5.40. The summed E-state index contributed by atoms with van der Waals surface area (Å²) in [7, 11) is 0. The molecule has 26 heavy (non-hydrogen) atoms. The summed E-state index contributed by atoms with van der Waals surface area (Å²) in [5.74, 6) is 1.88. The van der Waals surface area contributed by atoms with Crippen LogP contribution >= 0.6 is 0 Å². The molecule has 0 saturated heterocycles. The van der Waals surface area contributed by atoms with Crippen molar-refractivity contribution in [3.05, 3.63) is 60.2 Å². The Balaban J connectivity index is 1.58. The maximum absolute atomic E-state index is 12.3. The molecule has 0 aliphatic heterocycles. The van der Waals surface area contributed by atoms with Gasteiger partial charge in [0.05, 0.1) is 19.1 Å². The molecule has 3 aromatic rings. The number of carbonyl (C=O) groups excluding carboxylic acids is 1. The van der Waals surface area contributed by atoms with Gasteiger partial charge in [0.15, 0.2) is 5.82 Å². The third-order valence-electron chi connectivity index (χ3n) is 3.81. The van der Waals surface area contributed by atoms with Gasteiger partial charge in [-0.3, -0.25) is 14.9 Å². The van der Waals surface area contributed by atoms with Gasteiger partial charge in [0, 0.05) is 18.0 Å². The highest BCUT2D eigenvalue weighted by atomic mass is 16.5. The molecule has 0 radical (unpaired) electrons. The largest absolute Gasteiger partial charge is 0.494 e. The average molecular weight is 351 g/mol. The fraction of sp³-hybridized carbons (Fsp3) is 0.263. The summed E-state index contributed by atoms with van der Waals surface area (Å²) >= 11 is 0. The molecular weight excluding hydrogens is 330 g/mol. The van der Waals surface area contributed by atoms with Crippen LogP contribution in [0.1, 0.15) is 31.3 Å². The molecule has 0 fully saturated rings. The van der Waals surface area contributed by atoms with Gasteiger partial charge in [-0.2, -0.15) is 5.10 Å². The van der Waals surface area contributed by atoms with Gasteiger partial charge in [-0.05, 0) is 43.7 Å². The molecule has 0 bridgehead atoms. The Labute approximate surface area is 151 Å². The Morgan fingerprint density at radius 2 is 2.08 bits per heavy atom. The van der Waals surface area contributed by atoms with Gasteiger partial charge in [-0.15, -0.1) is 0 Å². The van der Waals surface area contributed by atoms with Crippen molar-refractivity contribution >= 4 is 5.91 Å². The molecule has 0 aliphatic rings. The second-order valence-corrected chi connectivity index (χ2v) is 5.83. The van der Waals surface area contributed by atoms with E-state index in [9.17, 15) is 4.79 Å². The van der Waals surface area contributed by atoms with Crippen molar-refractivity contribution < 1.29 is 9.53 Å². The van der Waals surface area contributed by atoms with Crippen LogP contribution in [0.25, 0.3) is 11.4 Å². The minimum absolute atomic E-state index is 0.0824. The van der Waals surface area contributed by atoms with Crippen molar-refractivity contribution in [2.24, 2.45) is 0 Å². The fourth-order valence-corrected chi connectivity index (χ4v) is 2.51. The lowest BCUT2D eigenvalue weighted by Gasteiger charge is -2.11. The van der Waals surface area contributed by atoms with Crippen LogP contribution in [0.5, 0.6) is 5.75 Å². The zero-order valence-corrected chi connectivity index (χ0v) is 14.8. The number of benzene rings is 1. The third-order valence-corrected chi connectivity index (χ3v) is 3.81. The number of H-pyrrole nitrogens is 1. The molecule has 0 unspecified atom stereocenters. The number of aromatic amines is 1. The van der Waals surface area contributed by atoms with E-state index < -0.39 is 0 Å². The number of pyridine rings is 1. The van der Waals surface area contributed by atoms with Gasteiger partial charge < -0.3 is 10.1 Å². The first-order valence-corrected chi connectivity index (χ1v) is 8.49. The van der Waals surface area contributed by atoms with Gasteiger partial charge in [0.25, 0.3) is 0 Å². The number of nitrogens with zero attached hydrogens (tertiary/aromatic N) is 3. The van der Waals surface area contributed by atoms with Crippen molar-refractivity contribution in [3.63, 3.8) is 0 Å². The van der Waals surface area contributed by atoms with Crippen LogP contribution in [0, 0.1) is 0 Å². The molecule has 0 aliphatic carbocycles. The lowest BCUT2D eigenvalue weighted by atomic mass is 10.1. The Morgan fingerprint density at radius 3 is 2.77 bits per heavy atom. The van der Waals surface area contributed by atoms with Gasteiger partial charge in [-0.25, -0.2) is 4.98 Å². The summed E-state index contributed by atoms with van der Waals surface area (Å²) in [6.07, 6.45) is 3.68. The Kier molecular flexibility index (Phi) is 5.58. The highest BCUT2D eigenvalue weighted by Crippen LogP contribution is 2.16. The molecule has 0 saturated carbocycles. The number of hydrogen-bond acceptors (Lipinski definition) is 5. The summed E-state index contributed by atoms with van der Waals surface area (Å²) in [4.78, 5) is 20.8. The standard InChI is InChI=1S/C19H21N5O2/c1-3-26-16-8-6-14(7-9-16)11-17(25)21-13(2)18-22-19(24-23-18)15-5-4-10-20-12-15/h4-10,12-13H,3,11H2,1-2H3,(H,21,25)(H,22,23,24)/t13-/m1/s1. The summed E-state index contributed by atoms with van der Waals surface area (Å²) in [6.45, 7) is 4.42. The van der Waals surface area contributed by atoms with Gasteiger partial charge >= 0.3 is 0 Å². The number of carbonyl (C=O) groups is 1. The van der Waals surface area contributed by atoms with E-state index in [0.29, 0.717) is 24.7 Å². The van der Waals surface area contributed by atoms with Crippen molar-refractivity contribution in [1.29, 1.82) is 0 Å². The van der Waals surface area contributed by atoms with Crippen LogP contribution in [0.2, 0.25) is 0 Å². The molecule has 3 rings (SSSR count). The molecule has 2 heterocycles. The molecule has 2 aromatic heterocycles. The SMILES string of the molecule is CCOc1ccc(CC(=O)N[C@H](C)c2nc(-c3cccnc3)n[nH]2)cc1. The quantitative estimate of drug-likeness (QED) is 0.683. The number of hydrogen-bond donors (Lipinski definition) is 2. The van der Waals surface area contributed by atoms with E-state index in [4.69, 9.17) is 4.74 Å². The zero-order valence-electron chi connectivity index (χ0n) is 14.8. The first-order chi connectivity index (χ1) is 12.7. The topological polar surface area (TPSA) is 92.8 Å². The predicted octanol–water partition coefficient (Wildman–Crippen LogP) is 2.69. The second-order valence-electron chi connectivity index (χ2n) is 5.83. The normalized spacial score (nSPS) is 11.8. The minimum atomic E-state index is -0.275. The number of ether oxygens (including phenoxy) is 1. The third kappa shape index (κ3) is 4.44. The lowest BCUT2D eigenvalue weighted by Crippen LogP contribution is -2.28. The van der Waals surface area contributed by atoms with Crippen molar-refractivity contribution in [3.8, 4) is 17.1 Å². The van der Waals surface area contributed by atoms with E-state index in [1.807, 2.05) is 50.2 Å². The maximum atomic E-state index is 12.3. The molecule has 134 valence electrons. The van der Waals surface area contributed by atoms with E-state index in [2.05, 4.69) is 25.5 Å². The predicted molar refractivity (Wildman–Crippen MR) is 97.5 cm³/mol. The second kappa shape index (κ2) is 8.24. The molecule has 7 heteroatoms. The number of amides is 1. The van der Waals surface area contributed by atoms with E-state index in [1.165, 1.54) is 0 Å². The Morgan fingerprint density at radius 1 is 1.27 bits per heavy atom. The van der Waals surface area contributed by atoms with Gasteiger partial charge in [0.1, 0.15) is 11.6 Å². The molecule has 1 amide bonds. The fourth-order valence-electron chi connectivity index (χ4n) is 2.51. The van der Waals surface area contributed by atoms with E-state index in [1.54, 1.807) is 12.4 Å². The average Bonchev–Trinajstić information content (AvgIpc) is 3.15. The highest BCUT2D eigenvalue weighted by molar-refractivity contribution is 5.78. The van der Waals surface area contributed by atoms with E-state index >= 15 is 0 Å². The molecule has 7 nitrogen and oxygen atoms in total. The van der Waals surface area contributed by atoms with Crippen LogP contribution in [0.4, 0.5) is 0 Å². The van der Waals surface area contributed by atoms with Crippen LogP contribution in [-0.4, -0.2) is 32.7 Å². The van der Waals surface area contributed by atoms with Crippen molar-refractivity contribution in [2.45, 2.75) is 26.3 Å². The number of aromatic nitrogens is 4. The van der Waals surface area contributed by atoms with Crippen LogP contribution < -0.4 is 10.1 Å². The van der Waals surface area contributed by atoms with E-state index in [-0.39, 0.29) is 11.9 Å². The smallest absolute Gasteiger partial charge is 0.224 e. The molecular formula is C19H21N5O2. The molecule has 0 spiro atoms. The van der Waals surface area contributed by atoms with Crippen molar-refractivity contribution in [1.82, 2.24) is 25.5 Å².